The fourth-order valence-corrected chi connectivity index (χ4v) is 4.29. The van der Waals surface area contributed by atoms with Crippen LogP contribution in [0.25, 0.3) is 5.69 Å². The maximum absolute atomic E-state index is 13.3. The summed E-state index contributed by atoms with van der Waals surface area (Å²) in [5, 5.41) is 10.8. The highest BCUT2D eigenvalue weighted by Crippen LogP contribution is 2.25. The van der Waals surface area contributed by atoms with Gasteiger partial charge in [0.25, 0.3) is 11.6 Å². The average Bonchev–Trinajstić information content (AvgIpc) is 3.07. The summed E-state index contributed by atoms with van der Waals surface area (Å²) < 4.78 is 2.15. The number of piperazine rings is 1. The number of non-ortho nitro benzene ring substituents is 1. The first kappa shape index (κ1) is 20.7. The first-order chi connectivity index (χ1) is 14.9. The SMILES string of the molecule is Cc1ccccc1-n1c(C)cc(C(=O)N2CCN(c3ccc([N+](=O)[O-])cc3)CC2)c1C. The Morgan fingerprint density at radius 3 is 2.19 bits per heavy atom. The van der Waals surface area contributed by atoms with E-state index < -0.39 is 4.92 Å². The van der Waals surface area contributed by atoms with Gasteiger partial charge in [0.15, 0.2) is 0 Å². The summed E-state index contributed by atoms with van der Waals surface area (Å²) in [6, 6.07) is 16.7. The molecule has 1 amide bonds. The normalized spacial score (nSPS) is 14.0. The van der Waals surface area contributed by atoms with Gasteiger partial charge < -0.3 is 14.4 Å². The first-order valence-electron chi connectivity index (χ1n) is 10.4. The number of anilines is 1. The quantitative estimate of drug-likeness (QED) is 0.469. The molecule has 0 spiro atoms. The van der Waals surface area contributed by atoms with E-state index in [1.165, 1.54) is 17.7 Å². The molecule has 2 aromatic carbocycles. The topological polar surface area (TPSA) is 71.6 Å². The van der Waals surface area contributed by atoms with Gasteiger partial charge in [-0.25, -0.2) is 0 Å². The Balaban J connectivity index is 1.49. The fourth-order valence-electron chi connectivity index (χ4n) is 4.29. The summed E-state index contributed by atoms with van der Waals surface area (Å²) in [6.07, 6.45) is 0. The highest BCUT2D eigenvalue weighted by molar-refractivity contribution is 5.96. The number of nitrogens with zero attached hydrogens (tertiary/aromatic N) is 4. The third kappa shape index (κ3) is 3.91. The van der Waals surface area contributed by atoms with E-state index in [4.69, 9.17) is 0 Å². The zero-order valence-corrected chi connectivity index (χ0v) is 18.0. The van der Waals surface area contributed by atoms with Gasteiger partial charge in [0.05, 0.1) is 10.5 Å². The van der Waals surface area contributed by atoms with Crippen molar-refractivity contribution in [2.75, 3.05) is 31.1 Å². The van der Waals surface area contributed by atoms with Crippen molar-refractivity contribution in [1.29, 1.82) is 0 Å². The number of nitro benzene ring substituents is 1. The lowest BCUT2D eigenvalue weighted by atomic mass is 10.1. The van der Waals surface area contributed by atoms with E-state index >= 15 is 0 Å². The Kier molecular flexibility index (Phi) is 5.50. The summed E-state index contributed by atoms with van der Waals surface area (Å²) in [7, 11) is 0. The second-order valence-corrected chi connectivity index (χ2v) is 7.96. The Hall–Kier alpha value is -3.61. The van der Waals surface area contributed by atoms with Crippen LogP contribution in [0.3, 0.4) is 0 Å². The third-order valence-electron chi connectivity index (χ3n) is 6.01. The van der Waals surface area contributed by atoms with Crippen LogP contribution in [0.1, 0.15) is 27.3 Å². The molecule has 2 heterocycles. The first-order valence-corrected chi connectivity index (χ1v) is 10.4. The van der Waals surface area contributed by atoms with E-state index in [-0.39, 0.29) is 11.6 Å². The number of para-hydroxylation sites is 1. The van der Waals surface area contributed by atoms with Gasteiger partial charge in [-0.3, -0.25) is 14.9 Å². The molecule has 1 saturated heterocycles. The molecule has 0 aliphatic carbocycles. The van der Waals surface area contributed by atoms with Crippen LogP contribution in [0, 0.1) is 30.9 Å². The van der Waals surface area contributed by atoms with Crippen molar-refractivity contribution in [3.8, 4) is 5.69 Å². The molecule has 7 heteroatoms. The van der Waals surface area contributed by atoms with Crippen molar-refractivity contribution in [2.45, 2.75) is 20.8 Å². The molecule has 3 aromatic rings. The molecule has 160 valence electrons. The number of nitro groups is 1. The molecular weight excluding hydrogens is 392 g/mol. The molecule has 7 nitrogen and oxygen atoms in total. The van der Waals surface area contributed by atoms with E-state index in [2.05, 4.69) is 28.5 Å². The van der Waals surface area contributed by atoms with Gasteiger partial charge in [-0.05, 0) is 50.6 Å². The summed E-state index contributed by atoms with van der Waals surface area (Å²) in [4.78, 5) is 27.8. The maximum Gasteiger partial charge on any atom is 0.269 e. The molecular formula is C24H26N4O3. The number of rotatable bonds is 4. The van der Waals surface area contributed by atoms with Crippen LogP contribution < -0.4 is 4.90 Å². The Morgan fingerprint density at radius 2 is 1.58 bits per heavy atom. The molecule has 31 heavy (non-hydrogen) atoms. The summed E-state index contributed by atoms with van der Waals surface area (Å²) in [5.74, 6) is 0.0521. The number of carbonyl (C=O) groups is 1. The minimum atomic E-state index is -0.395. The highest BCUT2D eigenvalue weighted by atomic mass is 16.6. The van der Waals surface area contributed by atoms with Crippen molar-refractivity contribution in [3.05, 3.63) is 87.2 Å². The average molecular weight is 418 g/mol. The van der Waals surface area contributed by atoms with Crippen molar-refractivity contribution < 1.29 is 9.72 Å². The van der Waals surface area contributed by atoms with Crippen LogP contribution in [-0.4, -0.2) is 46.5 Å². The van der Waals surface area contributed by atoms with E-state index in [0.29, 0.717) is 26.2 Å². The molecule has 0 N–H and O–H groups in total. The van der Waals surface area contributed by atoms with Crippen LogP contribution in [0.15, 0.2) is 54.6 Å². The Bertz CT molecular complexity index is 1130. The summed E-state index contributed by atoms with van der Waals surface area (Å²) in [6.45, 7) is 8.73. The molecule has 0 bridgehead atoms. The summed E-state index contributed by atoms with van der Waals surface area (Å²) in [5.41, 5.74) is 6.02. The van der Waals surface area contributed by atoms with E-state index in [9.17, 15) is 14.9 Å². The predicted octanol–water partition coefficient (Wildman–Crippen LogP) is 4.27. The van der Waals surface area contributed by atoms with Gasteiger partial charge in [0, 0.05) is 61.1 Å². The number of hydrogen-bond donors (Lipinski definition) is 0. The fraction of sp³-hybridized carbons (Fsp3) is 0.292. The van der Waals surface area contributed by atoms with Gasteiger partial charge in [0.1, 0.15) is 0 Å². The minimum absolute atomic E-state index is 0.0521. The number of carbonyl (C=O) groups excluding carboxylic acids is 1. The summed E-state index contributed by atoms with van der Waals surface area (Å²) >= 11 is 0. The molecule has 1 aromatic heterocycles. The highest BCUT2D eigenvalue weighted by Gasteiger charge is 2.26. The number of aromatic nitrogens is 1. The van der Waals surface area contributed by atoms with Crippen LogP contribution in [0.5, 0.6) is 0 Å². The van der Waals surface area contributed by atoms with Crippen molar-refractivity contribution in [2.24, 2.45) is 0 Å². The molecule has 1 aliphatic rings. The molecule has 0 radical (unpaired) electrons. The number of aryl methyl sites for hydroxylation is 2. The van der Waals surface area contributed by atoms with Crippen LogP contribution in [0.2, 0.25) is 0 Å². The van der Waals surface area contributed by atoms with E-state index in [0.717, 1.165) is 28.3 Å². The van der Waals surface area contributed by atoms with Gasteiger partial charge >= 0.3 is 0 Å². The number of amides is 1. The molecule has 0 unspecified atom stereocenters. The monoisotopic (exact) mass is 418 g/mol. The molecule has 4 rings (SSSR count). The smallest absolute Gasteiger partial charge is 0.269 e. The zero-order chi connectivity index (χ0) is 22.1. The van der Waals surface area contributed by atoms with Gasteiger partial charge in [-0.1, -0.05) is 18.2 Å². The van der Waals surface area contributed by atoms with E-state index in [1.807, 2.05) is 36.9 Å². The zero-order valence-electron chi connectivity index (χ0n) is 18.0. The molecule has 0 atom stereocenters. The predicted molar refractivity (Wildman–Crippen MR) is 121 cm³/mol. The number of hydrogen-bond acceptors (Lipinski definition) is 4. The second kappa shape index (κ2) is 8.26. The molecule has 1 aliphatic heterocycles. The van der Waals surface area contributed by atoms with E-state index in [1.54, 1.807) is 12.1 Å². The Labute approximate surface area is 181 Å². The van der Waals surface area contributed by atoms with Gasteiger partial charge in [-0.2, -0.15) is 0 Å². The lowest BCUT2D eigenvalue weighted by Crippen LogP contribution is -2.48. The third-order valence-corrected chi connectivity index (χ3v) is 6.01. The van der Waals surface area contributed by atoms with Crippen molar-refractivity contribution >= 4 is 17.3 Å². The lowest BCUT2D eigenvalue weighted by Gasteiger charge is -2.36. The van der Waals surface area contributed by atoms with Crippen LogP contribution in [0.4, 0.5) is 11.4 Å². The standard InChI is InChI=1S/C24H26N4O3/c1-17-6-4-5-7-23(17)27-18(2)16-22(19(27)3)24(29)26-14-12-25(13-15-26)20-8-10-21(11-9-20)28(30)31/h4-11,16H,12-15H2,1-3H3. The van der Waals surface area contributed by atoms with Crippen LogP contribution >= 0.6 is 0 Å². The Morgan fingerprint density at radius 1 is 0.935 bits per heavy atom. The maximum atomic E-state index is 13.3. The van der Waals surface area contributed by atoms with Gasteiger partial charge in [-0.15, -0.1) is 0 Å². The second-order valence-electron chi connectivity index (χ2n) is 7.96. The van der Waals surface area contributed by atoms with Crippen LogP contribution in [-0.2, 0) is 0 Å². The van der Waals surface area contributed by atoms with Crippen molar-refractivity contribution in [1.82, 2.24) is 9.47 Å². The van der Waals surface area contributed by atoms with Gasteiger partial charge in [0.2, 0.25) is 0 Å². The largest absolute Gasteiger partial charge is 0.368 e. The lowest BCUT2D eigenvalue weighted by molar-refractivity contribution is -0.384. The van der Waals surface area contributed by atoms with Crippen molar-refractivity contribution in [3.63, 3.8) is 0 Å². The molecule has 0 saturated carbocycles. The minimum Gasteiger partial charge on any atom is -0.368 e. The molecule has 1 fully saturated rings. The number of benzene rings is 2.